The van der Waals surface area contributed by atoms with E-state index in [1.54, 1.807) is 24.3 Å². The van der Waals surface area contributed by atoms with Gasteiger partial charge in [0.1, 0.15) is 12.4 Å². The maximum Gasteiger partial charge on any atom is 0.338 e. The van der Waals surface area contributed by atoms with E-state index in [2.05, 4.69) is 6.92 Å². The highest BCUT2D eigenvalue weighted by Crippen LogP contribution is 2.31. The summed E-state index contributed by atoms with van der Waals surface area (Å²) in [6.07, 6.45) is 1.85. The summed E-state index contributed by atoms with van der Waals surface area (Å²) in [6.45, 7) is 7.22. The normalized spacial score (nSPS) is 14.4. The topological polar surface area (TPSA) is 76.0 Å². The van der Waals surface area contributed by atoms with E-state index >= 15 is 0 Å². The van der Waals surface area contributed by atoms with Crippen LogP contribution >= 0.6 is 0 Å². The van der Waals surface area contributed by atoms with E-state index in [9.17, 15) is 9.59 Å². The van der Waals surface area contributed by atoms with Crippen LogP contribution in [0.3, 0.4) is 0 Å². The van der Waals surface area contributed by atoms with Crippen molar-refractivity contribution in [1.82, 2.24) is 4.57 Å². The van der Waals surface area contributed by atoms with Gasteiger partial charge in [0.05, 0.1) is 18.7 Å². The van der Waals surface area contributed by atoms with Gasteiger partial charge in [-0.2, -0.15) is 0 Å². The quantitative estimate of drug-likeness (QED) is 0.228. The molecule has 184 valence electrons. The molecule has 1 aliphatic heterocycles. The minimum atomic E-state index is -0.543. The molecular formula is C28H31NO6. The van der Waals surface area contributed by atoms with Crippen molar-refractivity contribution in [2.24, 2.45) is 0 Å². The number of ether oxygens (including phenoxy) is 4. The number of ketones is 1. The Labute approximate surface area is 205 Å². The van der Waals surface area contributed by atoms with E-state index in [1.165, 1.54) is 0 Å². The minimum Gasteiger partial charge on any atom is -0.494 e. The third-order valence-corrected chi connectivity index (χ3v) is 6.02. The van der Waals surface area contributed by atoms with E-state index < -0.39 is 5.97 Å². The van der Waals surface area contributed by atoms with Gasteiger partial charge in [0, 0.05) is 17.0 Å². The molecule has 7 heteroatoms. The van der Waals surface area contributed by atoms with Crippen molar-refractivity contribution in [1.29, 1.82) is 0 Å². The maximum absolute atomic E-state index is 12.9. The molecule has 0 radical (unpaired) electrons. The molecule has 4 rings (SSSR count). The molecule has 2 heterocycles. The molecule has 0 aliphatic carbocycles. The first-order valence-corrected chi connectivity index (χ1v) is 11.9. The average molecular weight is 478 g/mol. The molecule has 0 N–H and O–H groups in total. The number of aromatic nitrogens is 1. The largest absolute Gasteiger partial charge is 0.494 e. The second-order valence-electron chi connectivity index (χ2n) is 8.62. The highest BCUT2D eigenvalue weighted by molar-refractivity contribution is 6.00. The van der Waals surface area contributed by atoms with Gasteiger partial charge in [-0.1, -0.05) is 25.5 Å². The zero-order chi connectivity index (χ0) is 24.8. The van der Waals surface area contributed by atoms with E-state index in [0.717, 1.165) is 35.7 Å². The Morgan fingerprint density at radius 3 is 2.54 bits per heavy atom. The van der Waals surface area contributed by atoms with Crippen molar-refractivity contribution in [3.8, 4) is 17.2 Å². The molecule has 0 spiro atoms. The zero-order valence-corrected chi connectivity index (χ0v) is 20.4. The number of nitrogens with zero attached hydrogens (tertiary/aromatic N) is 1. The number of aryl methyl sites for hydroxylation is 1. The van der Waals surface area contributed by atoms with Crippen molar-refractivity contribution < 1.29 is 28.5 Å². The molecule has 0 saturated heterocycles. The third-order valence-electron chi connectivity index (χ3n) is 6.02. The summed E-state index contributed by atoms with van der Waals surface area (Å²) in [6, 6.07) is 16.2. The first kappa shape index (κ1) is 24.4. The number of fused-ring (bicyclic) bond motifs is 1. The van der Waals surface area contributed by atoms with Crippen LogP contribution in [0.1, 0.15) is 51.9 Å². The van der Waals surface area contributed by atoms with Crippen LogP contribution in [0.25, 0.3) is 0 Å². The second kappa shape index (κ2) is 11.1. The molecule has 2 aromatic carbocycles. The molecular weight excluding hydrogens is 446 g/mol. The Morgan fingerprint density at radius 1 is 1.06 bits per heavy atom. The van der Waals surface area contributed by atoms with Crippen LogP contribution in [-0.2, 0) is 11.3 Å². The number of hydrogen-bond acceptors (Lipinski definition) is 6. The highest BCUT2D eigenvalue weighted by atomic mass is 16.6. The Hall–Kier alpha value is -3.74. The SMILES string of the molecule is CCCCOc1ccc(C(=O)OCC(=O)c2cc(C)n(CC3COc4ccccc4O3)c2C)cc1. The Kier molecular flexibility index (Phi) is 7.75. The molecule has 0 bridgehead atoms. The van der Waals surface area contributed by atoms with E-state index in [0.29, 0.717) is 36.6 Å². The van der Waals surface area contributed by atoms with Gasteiger partial charge in [-0.05, 0) is 62.7 Å². The van der Waals surface area contributed by atoms with Crippen LogP contribution < -0.4 is 14.2 Å². The highest BCUT2D eigenvalue weighted by Gasteiger charge is 2.24. The molecule has 7 nitrogen and oxygen atoms in total. The molecule has 1 unspecified atom stereocenters. The van der Waals surface area contributed by atoms with Crippen LogP contribution in [-0.4, -0.2) is 42.2 Å². The number of benzene rings is 2. The molecule has 1 atom stereocenters. The van der Waals surface area contributed by atoms with E-state index in [-0.39, 0.29) is 18.5 Å². The molecule has 1 aromatic heterocycles. The molecule has 0 fully saturated rings. The van der Waals surface area contributed by atoms with Gasteiger partial charge in [0.2, 0.25) is 5.78 Å². The number of rotatable bonds is 10. The Balaban J connectivity index is 1.34. The Morgan fingerprint density at radius 2 is 1.80 bits per heavy atom. The first-order chi connectivity index (χ1) is 17.0. The van der Waals surface area contributed by atoms with Crippen LogP contribution in [0, 0.1) is 13.8 Å². The van der Waals surface area contributed by atoms with E-state index in [4.69, 9.17) is 18.9 Å². The van der Waals surface area contributed by atoms with Crippen molar-refractivity contribution in [2.75, 3.05) is 19.8 Å². The smallest absolute Gasteiger partial charge is 0.338 e. The summed E-state index contributed by atoms with van der Waals surface area (Å²) in [5, 5.41) is 0. The van der Waals surface area contributed by atoms with Gasteiger partial charge < -0.3 is 23.5 Å². The molecule has 1 aliphatic rings. The fourth-order valence-electron chi connectivity index (χ4n) is 4.03. The standard InChI is InChI=1S/C28H31NO6/c1-4-5-14-32-22-12-10-21(11-13-22)28(31)34-18-25(30)24-15-19(2)29(20(24)3)16-23-17-33-26-8-6-7-9-27(26)35-23/h6-13,15,23H,4-5,14,16-18H2,1-3H3. The molecule has 35 heavy (non-hydrogen) atoms. The lowest BCUT2D eigenvalue weighted by molar-refractivity contribution is 0.0474. The average Bonchev–Trinajstić information content (AvgIpc) is 3.16. The summed E-state index contributed by atoms with van der Waals surface area (Å²) >= 11 is 0. The predicted molar refractivity (Wildman–Crippen MR) is 132 cm³/mol. The third kappa shape index (κ3) is 5.85. The lowest BCUT2D eigenvalue weighted by Crippen LogP contribution is -2.33. The summed E-state index contributed by atoms with van der Waals surface area (Å²) < 4.78 is 24.8. The Bertz CT molecular complexity index is 1180. The van der Waals surface area contributed by atoms with Gasteiger partial charge in [-0.3, -0.25) is 4.79 Å². The number of carbonyl (C=O) groups is 2. The number of hydrogen-bond donors (Lipinski definition) is 0. The van der Waals surface area contributed by atoms with Crippen molar-refractivity contribution in [2.45, 2.75) is 46.3 Å². The number of carbonyl (C=O) groups excluding carboxylic acids is 2. The molecule has 0 amide bonds. The fraction of sp³-hybridized carbons (Fsp3) is 0.357. The van der Waals surface area contributed by atoms with Crippen LogP contribution in [0.4, 0.5) is 0 Å². The predicted octanol–water partition coefficient (Wildman–Crippen LogP) is 5.16. The second-order valence-corrected chi connectivity index (χ2v) is 8.62. The number of Topliss-reactive ketones (excluding diaryl/α,β-unsaturated/α-hetero) is 1. The van der Waals surface area contributed by atoms with Crippen molar-refractivity contribution in [3.63, 3.8) is 0 Å². The van der Waals surface area contributed by atoms with Crippen molar-refractivity contribution >= 4 is 11.8 Å². The van der Waals surface area contributed by atoms with Gasteiger partial charge in [0.25, 0.3) is 0 Å². The number of esters is 1. The zero-order valence-electron chi connectivity index (χ0n) is 20.4. The summed E-state index contributed by atoms with van der Waals surface area (Å²) in [5.41, 5.74) is 2.64. The lowest BCUT2D eigenvalue weighted by atomic mass is 10.1. The summed E-state index contributed by atoms with van der Waals surface area (Å²) in [7, 11) is 0. The fourth-order valence-corrected chi connectivity index (χ4v) is 4.03. The first-order valence-electron chi connectivity index (χ1n) is 11.9. The van der Waals surface area contributed by atoms with E-state index in [1.807, 2.05) is 48.7 Å². The minimum absolute atomic E-state index is 0.176. The van der Waals surface area contributed by atoms with Crippen molar-refractivity contribution in [3.05, 3.63) is 77.1 Å². The van der Waals surface area contributed by atoms with Crippen LogP contribution in [0.15, 0.2) is 54.6 Å². The van der Waals surface area contributed by atoms with Gasteiger partial charge in [-0.15, -0.1) is 0 Å². The van der Waals surface area contributed by atoms with Gasteiger partial charge >= 0.3 is 5.97 Å². The number of unbranched alkanes of at least 4 members (excludes halogenated alkanes) is 1. The van der Waals surface area contributed by atoms with Gasteiger partial charge in [-0.25, -0.2) is 4.79 Å². The van der Waals surface area contributed by atoms with Crippen LogP contribution in [0.5, 0.6) is 17.2 Å². The molecule has 3 aromatic rings. The lowest BCUT2D eigenvalue weighted by Gasteiger charge is -2.27. The summed E-state index contributed by atoms with van der Waals surface area (Å²) in [5.74, 6) is 1.37. The molecule has 0 saturated carbocycles. The number of para-hydroxylation sites is 2. The van der Waals surface area contributed by atoms with Gasteiger partial charge in [0.15, 0.2) is 24.2 Å². The monoisotopic (exact) mass is 477 g/mol. The van der Waals surface area contributed by atoms with Crippen LogP contribution in [0.2, 0.25) is 0 Å². The summed E-state index contributed by atoms with van der Waals surface area (Å²) in [4.78, 5) is 25.3. The maximum atomic E-state index is 12.9.